The van der Waals surface area contributed by atoms with Gasteiger partial charge in [0.1, 0.15) is 22.3 Å². The Bertz CT molecular complexity index is 1570. The molecule has 196 valence electrons. The zero-order chi connectivity index (χ0) is 26.7. The fraction of sp³-hybridized carbons (Fsp3) is 0.391. The van der Waals surface area contributed by atoms with Gasteiger partial charge in [0, 0.05) is 45.1 Å². The van der Waals surface area contributed by atoms with Crippen LogP contribution in [0.15, 0.2) is 29.2 Å². The summed E-state index contributed by atoms with van der Waals surface area (Å²) in [5.74, 6) is -2.98. The first kappa shape index (κ1) is 25.3. The average Bonchev–Trinajstić information content (AvgIpc) is 3.31. The highest BCUT2D eigenvalue weighted by Crippen LogP contribution is 2.38. The van der Waals surface area contributed by atoms with Crippen LogP contribution in [0.5, 0.6) is 5.75 Å². The Balaban J connectivity index is 1.57. The molecule has 0 unspecified atom stereocenters. The lowest BCUT2D eigenvalue weighted by molar-refractivity contribution is 0.0259. The van der Waals surface area contributed by atoms with Crippen LogP contribution in [0.4, 0.5) is 8.78 Å². The third-order valence-corrected chi connectivity index (χ3v) is 9.65. The molecule has 14 heteroatoms. The molecule has 0 radical (unpaired) electrons. The first-order valence-electron chi connectivity index (χ1n) is 11.5. The maximum absolute atomic E-state index is 14.1. The van der Waals surface area contributed by atoms with Gasteiger partial charge in [0.05, 0.1) is 17.1 Å². The molecular formula is C23H23F2N5O5S2. The largest absolute Gasteiger partial charge is 0.502 e. The second-order valence-electron chi connectivity index (χ2n) is 9.03. The molecule has 3 aromatic rings. The minimum atomic E-state index is -3.24. The minimum absolute atomic E-state index is 0.0173. The van der Waals surface area contributed by atoms with E-state index < -0.39 is 44.2 Å². The van der Waals surface area contributed by atoms with Gasteiger partial charge in [0.2, 0.25) is 5.43 Å². The molecule has 4 heterocycles. The van der Waals surface area contributed by atoms with Crippen LogP contribution >= 0.6 is 11.3 Å². The van der Waals surface area contributed by atoms with Crippen molar-refractivity contribution in [2.75, 3.05) is 30.1 Å². The number of halogens is 2. The number of carbonyl (C=O) groups excluding carboxylic acids is 1. The fourth-order valence-electron chi connectivity index (χ4n) is 5.03. The van der Waals surface area contributed by atoms with Gasteiger partial charge in [0.25, 0.3) is 5.91 Å². The van der Waals surface area contributed by atoms with Crippen LogP contribution < -0.4 is 10.4 Å². The SMILES string of the molecule is CCN1C(=O)c2c(O)c(=O)c(-c3nnc(Cc4ccc(F)cc4F)s3)cn2N(C)C12CCS(=O)(=O)CC2. The molecule has 2 aliphatic heterocycles. The summed E-state index contributed by atoms with van der Waals surface area (Å²) >= 11 is 1.00. The van der Waals surface area contributed by atoms with Crippen molar-refractivity contribution in [1.82, 2.24) is 19.8 Å². The summed E-state index contributed by atoms with van der Waals surface area (Å²) in [4.78, 5) is 28.1. The number of benzene rings is 1. The predicted octanol–water partition coefficient (Wildman–Crippen LogP) is 1.89. The van der Waals surface area contributed by atoms with Gasteiger partial charge in [-0.25, -0.2) is 17.2 Å². The summed E-state index contributed by atoms with van der Waals surface area (Å²) in [5, 5.41) is 21.1. The quantitative estimate of drug-likeness (QED) is 0.521. The smallest absolute Gasteiger partial charge is 0.278 e. The Morgan fingerprint density at radius 1 is 1.16 bits per heavy atom. The molecule has 1 N–H and O–H groups in total. The molecule has 1 amide bonds. The van der Waals surface area contributed by atoms with Crippen molar-refractivity contribution >= 4 is 27.1 Å². The number of hydrogen-bond acceptors (Lipinski definition) is 9. The summed E-state index contributed by atoms with van der Waals surface area (Å²) < 4.78 is 53.0. The predicted molar refractivity (Wildman–Crippen MR) is 132 cm³/mol. The highest BCUT2D eigenvalue weighted by Gasteiger charge is 2.52. The van der Waals surface area contributed by atoms with Gasteiger partial charge in [-0.2, -0.15) is 0 Å². The molecule has 1 spiro atoms. The second kappa shape index (κ2) is 8.87. The van der Waals surface area contributed by atoms with Gasteiger partial charge >= 0.3 is 0 Å². The maximum Gasteiger partial charge on any atom is 0.278 e. The standard InChI is InChI=1S/C23H23F2N5O5S2/c1-3-29-22(33)18-20(32)19(31)15(12-30(18)28(2)23(29)6-8-37(34,35)9-7-23)21-27-26-17(36-21)10-13-4-5-14(24)11-16(13)25/h4-5,11-12,32H,3,6-10H2,1-2H3. The van der Waals surface area contributed by atoms with Crippen LogP contribution in [0.2, 0.25) is 0 Å². The van der Waals surface area contributed by atoms with E-state index in [4.69, 9.17) is 0 Å². The van der Waals surface area contributed by atoms with Crippen molar-refractivity contribution < 1.29 is 27.1 Å². The highest BCUT2D eigenvalue weighted by atomic mass is 32.2. The molecule has 1 aromatic carbocycles. The van der Waals surface area contributed by atoms with E-state index in [0.29, 0.717) is 5.01 Å². The number of aromatic hydroxyl groups is 1. The summed E-state index contributed by atoms with van der Waals surface area (Å²) in [7, 11) is -1.57. The van der Waals surface area contributed by atoms with E-state index in [2.05, 4.69) is 10.2 Å². The number of nitrogens with zero attached hydrogens (tertiary/aromatic N) is 5. The van der Waals surface area contributed by atoms with E-state index in [9.17, 15) is 31.9 Å². The van der Waals surface area contributed by atoms with Crippen LogP contribution in [0.3, 0.4) is 0 Å². The number of aromatic nitrogens is 3. The van der Waals surface area contributed by atoms with E-state index in [1.807, 2.05) is 0 Å². The van der Waals surface area contributed by atoms with Crippen molar-refractivity contribution in [3.05, 3.63) is 62.5 Å². The van der Waals surface area contributed by atoms with Crippen LogP contribution in [-0.4, -0.2) is 70.0 Å². The Hall–Kier alpha value is -3.39. The van der Waals surface area contributed by atoms with Crippen molar-refractivity contribution in [3.63, 3.8) is 0 Å². The van der Waals surface area contributed by atoms with Crippen molar-refractivity contribution in [2.24, 2.45) is 0 Å². The summed E-state index contributed by atoms with van der Waals surface area (Å²) in [5.41, 5.74) is -1.83. The lowest BCUT2D eigenvalue weighted by Gasteiger charge is -2.55. The Labute approximate surface area is 214 Å². The lowest BCUT2D eigenvalue weighted by atomic mass is 9.97. The zero-order valence-electron chi connectivity index (χ0n) is 19.9. The van der Waals surface area contributed by atoms with Crippen LogP contribution in [0.25, 0.3) is 10.6 Å². The minimum Gasteiger partial charge on any atom is -0.502 e. The van der Waals surface area contributed by atoms with Crippen molar-refractivity contribution in [2.45, 2.75) is 31.8 Å². The Kier molecular flexibility index (Phi) is 6.06. The van der Waals surface area contributed by atoms with E-state index in [0.717, 1.165) is 23.5 Å². The monoisotopic (exact) mass is 551 g/mol. The van der Waals surface area contributed by atoms with Crippen molar-refractivity contribution in [1.29, 1.82) is 0 Å². The number of rotatable bonds is 4. The number of carbonyl (C=O) groups is 1. The van der Waals surface area contributed by atoms with Gasteiger partial charge in [-0.3, -0.25) is 19.3 Å². The van der Waals surface area contributed by atoms with E-state index in [1.165, 1.54) is 21.8 Å². The molecule has 37 heavy (non-hydrogen) atoms. The number of hydrogen-bond donors (Lipinski definition) is 1. The summed E-state index contributed by atoms with van der Waals surface area (Å²) in [6, 6.07) is 3.20. The molecule has 0 atom stereocenters. The molecule has 0 bridgehead atoms. The van der Waals surface area contributed by atoms with E-state index in [1.54, 1.807) is 19.0 Å². The topological polar surface area (TPSA) is 126 Å². The summed E-state index contributed by atoms with van der Waals surface area (Å²) in [6.45, 7) is 2.00. The molecule has 0 saturated carbocycles. The first-order valence-corrected chi connectivity index (χ1v) is 14.1. The van der Waals surface area contributed by atoms with Crippen LogP contribution in [0.1, 0.15) is 40.8 Å². The van der Waals surface area contributed by atoms with Gasteiger partial charge in [0.15, 0.2) is 26.3 Å². The molecule has 1 fully saturated rings. The van der Waals surface area contributed by atoms with Gasteiger partial charge in [-0.1, -0.05) is 17.4 Å². The van der Waals surface area contributed by atoms with E-state index >= 15 is 0 Å². The third-order valence-electron chi connectivity index (χ3n) is 7.04. The lowest BCUT2D eigenvalue weighted by Crippen LogP contribution is -2.71. The molecule has 10 nitrogen and oxygen atoms in total. The number of fused-ring (bicyclic) bond motifs is 1. The van der Waals surface area contributed by atoms with Gasteiger partial charge in [-0.05, 0) is 18.6 Å². The first-order chi connectivity index (χ1) is 17.5. The fourth-order valence-corrected chi connectivity index (χ4v) is 7.38. The molecule has 0 aliphatic carbocycles. The second-order valence-corrected chi connectivity index (χ2v) is 12.4. The molecule has 2 aromatic heterocycles. The zero-order valence-corrected chi connectivity index (χ0v) is 21.6. The third kappa shape index (κ3) is 4.07. The van der Waals surface area contributed by atoms with Crippen molar-refractivity contribution in [3.8, 4) is 16.3 Å². The number of amides is 1. The summed E-state index contributed by atoms with van der Waals surface area (Å²) in [6.07, 6.45) is 1.73. The molecule has 1 saturated heterocycles. The maximum atomic E-state index is 14.1. The van der Waals surface area contributed by atoms with Crippen LogP contribution in [0, 0.1) is 11.6 Å². The molecular weight excluding hydrogens is 528 g/mol. The van der Waals surface area contributed by atoms with Crippen LogP contribution in [-0.2, 0) is 16.3 Å². The highest BCUT2D eigenvalue weighted by molar-refractivity contribution is 7.91. The molecule has 2 aliphatic rings. The van der Waals surface area contributed by atoms with Gasteiger partial charge < -0.3 is 10.0 Å². The average molecular weight is 552 g/mol. The Morgan fingerprint density at radius 2 is 1.86 bits per heavy atom. The molecule has 5 rings (SSSR count). The normalized spacial score (nSPS) is 18.3. The van der Waals surface area contributed by atoms with Gasteiger partial charge in [-0.15, -0.1) is 10.2 Å². The number of pyridine rings is 1. The number of sulfone groups is 1. The Morgan fingerprint density at radius 3 is 2.51 bits per heavy atom. The van der Waals surface area contributed by atoms with E-state index in [-0.39, 0.29) is 59.1 Å².